The van der Waals surface area contributed by atoms with Crippen molar-refractivity contribution in [2.24, 2.45) is 7.05 Å². The Hall–Kier alpha value is -2.63. The van der Waals surface area contributed by atoms with E-state index in [2.05, 4.69) is 15.0 Å². The highest BCUT2D eigenvalue weighted by Gasteiger charge is 2.05. The lowest BCUT2D eigenvalue weighted by Crippen LogP contribution is -2.25. The molecule has 0 unspecified atom stereocenters. The number of aromatic nitrogens is 2. The summed E-state index contributed by atoms with van der Waals surface area (Å²) in [4.78, 5) is 26.9. The summed E-state index contributed by atoms with van der Waals surface area (Å²) in [6.07, 6.45) is 4.84. The Morgan fingerprint density at radius 1 is 1.43 bits per heavy atom. The summed E-state index contributed by atoms with van der Waals surface area (Å²) in [5.41, 5.74) is 2.80. The molecule has 0 atom stereocenters. The molecule has 0 saturated heterocycles. The van der Waals surface area contributed by atoms with Gasteiger partial charge in [-0.3, -0.25) is 4.79 Å². The number of fused-ring (bicyclic) bond motifs is 1. The Bertz CT molecular complexity index is 689. The van der Waals surface area contributed by atoms with Crippen molar-refractivity contribution in [3.05, 3.63) is 42.2 Å². The number of carbonyl (C=O) groups is 2. The zero-order chi connectivity index (χ0) is 15.2. The van der Waals surface area contributed by atoms with Crippen LogP contribution in [-0.2, 0) is 27.8 Å². The smallest absolute Gasteiger partial charge is 0.330 e. The topological polar surface area (TPSA) is 73.2 Å². The fraction of sp³-hybridized carbons (Fsp3) is 0.267. The molecular formula is C15H17N3O3. The zero-order valence-corrected chi connectivity index (χ0v) is 12.0. The van der Waals surface area contributed by atoms with Crippen LogP contribution in [0.25, 0.3) is 11.0 Å². The molecule has 1 N–H and O–H groups in total. The van der Waals surface area contributed by atoms with Crippen LogP contribution in [0.1, 0.15) is 5.56 Å². The van der Waals surface area contributed by atoms with Gasteiger partial charge in [-0.2, -0.15) is 0 Å². The molecule has 110 valence electrons. The van der Waals surface area contributed by atoms with Gasteiger partial charge in [0.2, 0.25) is 5.91 Å². The second kappa shape index (κ2) is 6.69. The Morgan fingerprint density at radius 2 is 2.24 bits per heavy atom. The van der Waals surface area contributed by atoms with E-state index in [1.165, 1.54) is 13.2 Å². The van der Waals surface area contributed by atoms with Crippen molar-refractivity contribution in [2.75, 3.05) is 13.7 Å². The third-order valence-electron chi connectivity index (χ3n) is 3.03. The molecule has 21 heavy (non-hydrogen) atoms. The highest BCUT2D eigenvalue weighted by molar-refractivity contribution is 5.83. The fourth-order valence-corrected chi connectivity index (χ4v) is 1.94. The van der Waals surface area contributed by atoms with E-state index in [1.54, 1.807) is 12.4 Å². The predicted molar refractivity (Wildman–Crippen MR) is 78.6 cm³/mol. The van der Waals surface area contributed by atoms with Gasteiger partial charge in [-0.05, 0) is 17.7 Å². The van der Waals surface area contributed by atoms with E-state index in [-0.39, 0.29) is 12.3 Å². The van der Waals surface area contributed by atoms with Crippen molar-refractivity contribution >= 4 is 22.9 Å². The molecular weight excluding hydrogens is 270 g/mol. The van der Waals surface area contributed by atoms with Crippen LogP contribution in [0.2, 0.25) is 0 Å². The number of carbonyl (C=O) groups excluding carboxylic acids is 2. The second-order valence-electron chi connectivity index (χ2n) is 4.58. The van der Waals surface area contributed by atoms with Gasteiger partial charge in [-0.1, -0.05) is 12.1 Å². The number of hydrogen-bond acceptors (Lipinski definition) is 4. The van der Waals surface area contributed by atoms with Crippen LogP contribution in [0.4, 0.5) is 0 Å². The lowest BCUT2D eigenvalue weighted by Gasteiger charge is -2.03. The summed E-state index contributed by atoms with van der Waals surface area (Å²) >= 11 is 0. The minimum absolute atomic E-state index is 0.111. The highest BCUT2D eigenvalue weighted by atomic mass is 16.5. The molecule has 2 aromatic rings. The molecule has 0 aliphatic rings. The summed E-state index contributed by atoms with van der Waals surface area (Å²) in [6, 6.07) is 5.76. The maximum Gasteiger partial charge on any atom is 0.330 e. The minimum atomic E-state index is -0.440. The molecule has 0 bridgehead atoms. The average molecular weight is 287 g/mol. The number of nitrogens with zero attached hydrogens (tertiary/aromatic N) is 2. The van der Waals surface area contributed by atoms with Gasteiger partial charge in [-0.15, -0.1) is 0 Å². The molecule has 0 aliphatic heterocycles. The van der Waals surface area contributed by atoms with Crippen LogP contribution in [-0.4, -0.2) is 35.1 Å². The number of rotatable bonds is 5. The van der Waals surface area contributed by atoms with Crippen molar-refractivity contribution in [1.82, 2.24) is 14.9 Å². The third-order valence-corrected chi connectivity index (χ3v) is 3.03. The normalized spacial score (nSPS) is 11.0. The van der Waals surface area contributed by atoms with E-state index in [9.17, 15) is 9.59 Å². The first-order valence-electron chi connectivity index (χ1n) is 6.51. The monoisotopic (exact) mass is 287 g/mol. The number of ether oxygens (including phenoxy) is 1. The Balaban J connectivity index is 1.89. The molecule has 0 spiro atoms. The first kappa shape index (κ1) is 14.8. The molecule has 0 saturated carbocycles. The van der Waals surface area contributed by atoms with E-state index >= 15 is 0 Å². The quantitative estimate of drug-likeness (QED) is 0.656. The van der Waals surface area contributed by atoms with Crippen LogP contribution in [0, 0.1) is 0 Å². The summed E-state index contributed by atoms with van der Waals surface area (Å²) < 4.78 is 6.38. The molecule has 1 amide bonds. The third kappa shape index (κ3) is 3.92. The van der Waals surface area contributed by atoms with Crippen molar-refractivity contribution in [2.45, 2.75) is 6.42 Å². The summed E-state index contributed by atoms with van der Waals surface area (Å²) in [7, 11) is 3.23. The number of benzene rings is 1. The van der Waals surface area contributed by atoms with Crippen LogP contribution in [0.3, 0.4) is 0 Å². The number of esters is 1. The number of amides is 1. The maximum atomic E-state index is 11.8. The van der Waals surface area contributed by atoms with E-state index in [1.807, 2.05) is 29.8 Å². The lowest BCUT2D eigenvalue weighted by molar-refractivity contribution is -0.134. The first-order valence-corrected chi connectivity index (χ1v) is 6.51. The van der Waals surface area contributed by atoms with Gasteiger partial charge >= 0.3 is 5.97 Å². The molecule has 1 aromatic heterocycles. The van der Waals surface area contributed by atoms with E-state index in [4.69, 9.17) is 0 Å². The number of aryl methyl sites for hydroxylation is 1. The van der Waals surface area contributed by atoms with Crippen LogP contribution in [0.5, 0.6) is 0 Å². The van der Waals surface area contributed by atoms with Gasteiger partial charge in [0.1, 0.15) is 0 Å². The van der Waals surface area contributed by atoms with Gasteiger partial charge in [0.25, 0.3) is 0 Å². The molecule has 0 aliphatic carbocycles. The molecule has 0 radical (unpaired) electrons. The van der Waals surface area contributed by atoms with Crippen molar-refractivity contribution < 1.29 is 14.3 Å². The van der Waals surface area contributed by atoms with Crippen LogP contribution >= 0.6 is 0 Å². The Labute approximate surface area is 122 Å². The number of hydrogen-bond donors (Lipinski definition) is 1. The highest BCUT2D eigenvalue weighted by Crippen LogP contribution is 2.14. The molecule has 2 rings (SSSR count). The maximum absolute atomic E-state index is 11.8. The van der Waals surface area contributed by atoms with Crippen LogP contribution in [0.15, 0.2) is 36.7 Å². The van der Waals surface area contributed by atoms with Crippen LogP contribution < -0.4 is 5.32 Å². The Kier molecular flexibility index (Phi) is 4.71. The zero-order valence-electron chi connectivity index (χ0n) is 12.0. The van der Waals surface area contributed by atoms with Gasteiger partial charge in [0.15, 0.2) is 0 Å². The average Bonchev–Trinajstić information content (AvgIpc) is 2.84. The molecule has 1 aromatic carbocycles. The summed E-state index contributed by atoms with van der Waals surface area (Å²) in [5.74, 6) is -0.551. The van der Waals surface area contributed by atoms with Gasteiger partial charge in [-0.25, -0.2) is 9.78 Å². The van der Waals surface area contributed by atoms with Gasteiger partial charge < -0.3 is 14.6 Å². The molecule has 0 fully saturated rings. The number of imidazole rings is 1. The minimum Gasteiger partial charge on any atom is -0.466 e. The van der Waals surface area contributed by atoms with Gasteiger partial charge in [0, 0.05) is 19.7 Å². The molecule has 6 nitrogen and oxygen atoms in total. The number of nitrogens with one attached hydrogen (secondary N) is 1. The largest absolute Gasteiger partial charge is 0.466 e. The summed E-state index contributed by atoms with van der Waals surface area (Å²) in [6.45, 7) is 0.291. The van der Waals surface area contributed by atoms with Crippen molar-refractivity contribution in [1.29, 1.82) is 0 Å². The first-order chi connectivity index (χ1) is 10.1. The fourth-order valence-electron chi connectivity index (χ4n) is 1.94. The van der Waals surface area contributed by atoms with E-state index in [0.717, 1.165) is 16.6 Å². The second-order valence-corrected chi connectivity index (χ2v) is 4.58. The van der Waals surface area contributed by atoms with Crippen molar-refractivity contribution in [3.8, 4) is 0 Å². The molecule has 1 heterocycles. The lowest BCUT2D eigenvalue weighted by atomic mass is 10.1. The SMILES string of the molecule is COC(=O)/C=C/CNC(=O)Cc1ccc2c(c1)ncn2C. The molecule has 6 heteroatoms. The van der Waals surface area contributed by atoms with Crippen molar-refractivity contribution in [3.63, 3.8) is 0 Å². The van der Waals surface area contributed by atoms with E-state index < -0.39 is 5.97 Å². The summed E-state index contributed by atoms with van der Waals surface area (Å²) in [5, 5.41) is 2.70. The Morgan fingerprint density at radius 3 is 3.00 bits per heavy atom. The van der Waals surface area contributed by atoms with Gasteiger partial charge in [0.05, 0.1) is 30.9 Å². The van der Waals surface area contributed by atoms with E-state index in [0.29, 0.717) is 6.54 Å². The standard InChI is InChI=1S/C15H17N3O3/c1-18-10-17-12-8-11(5-6-13(12)18)9-14(19)16-7-3-4-15(20)21-2/h3-6,8,10H,7,9H2,1-2H3,(H,16,19)/b4-3+. The number of methoxy groups -OCH3 is 1. The predicted octanol–water partition coefficient (Wildman–Crippen LogP) is 0.961.